The van der Waals surface area contributed by atoms with Gasteiger partial charge in [0.25, 0.3) is 0 Å². The van der Waals surface area contributed by atoms with Crippen molar-refractivity contribution in [3.05, 3.63) is 65.7 Å². The van der Waals surface area contributed by atoms with Crippen molar-refractivity contribution in [3.8, 4) is 0 Å². The van der Waals surface area contributed by atoms with E-state index in [0.717, 1.165) is 17.7 Å². The van der Waals surface area contributed by atoms with Crippen molar-refractivity contribution in [2.24, 2.45) is 5.73 Å². The number of aromatic nitrogens is 1. The van der Waals surface area contributed by atoms with E-state index < -0.39 is 0 Å². The lowest BCUT2D eigenvalue weighted by Crippen LogP contribution is -2.28. The minimum atomic E-state index is -0.247. The molecule has 1 aromatic heterocycles. The van der Waals surface area contributed by atoms with Crippen molar-refractivity contribution in [1.82, 2.24) is 9.88 Å². The van der Waals surface area contributed by atoms with Crippen molar-refractivity contribution in [2.45, 2.75) is 12.6 Å². The third-order valence-electron chi connectivity index (χ3n) is 2.96. The molecule has 2 N–H and O–H groups in total. The van der Waals surface area contributed by atoms with E-state index in [-0.39, 0.29) is 11.9 Å². The van der Waals surface area contributed by atoms with Gasteiger partial charge < -0.3 is 10.6 Å². The van der Waals surface area contributed by atoms with E-state index >= 15 is 0 Å². The standard InChI is InChI=1S/C15H18FN3/c1-19(10-12-4-3-7-18-9-12)11-15(17)13-5-2-6-14(16)8-13/h2-9,15H,10-11,17H2,1H3. The van der Waals surface area contributed by atoms with Gasteiger partial charge >= 0.3 is 0 Å². The first-order valence-corrected chi connectivity index (χ1v) is 6.23. The molecule has 0 radical (unpaired) electrons. The number of hydrogen-bond donors (Lipinski definition) is 1. The first kappa shape index (κ1) is 13.6. The number of rotatable bonds is 5. The van der Waals surface area contributed by atoms with Crippen LogP contribution < -0.4 is 5.73 Å². The fourth-order valence-electron chi connectivity index (χ4n) is 2.05. The molecule has 3 nitrogen and oxygen atoms in total. The van der Waals surface area contributed by atoms with E-state index in [9.17, 15) is 4.39 Å². The van der Waals surface area contributed by atoms with Crippen LogP contribution in [0.3, 0.4) is 0 Å². The fraction of sp³-hybridized carbons (Fsp3) is 0.267. The lowest BCUT2D eigenvalue weighted by Gasteiger charge is -2.21. The van der Waals surface area contributed by atoms with Crippen LogP contribution in [0.25, 0.3) is 0 Å². The highest BCUT2D eigenvalue weighted by molar-refractivity contribution is 5.20. The average molecular weight is 259 g/mol. The van der Waals surface area contributed by atoms with E-state index in [1.165, 1.54) is 12.1 Å². The number of pyridine rings is 1. The van der Waals surface area contributed by atoms with Gasteiger partial charge in [0.2, 0.25) is 0 Å². The SMILES string of the molecule is CN(Cc1cccnc1)CC(N)c1cccc(F)c1. The average Bonchev–Trinajstić information content (AvgIpc) is 2.39. The molecule has 0 spiro atoms. The lowest BCUT2D eigenvalue weighted by atomic mass is 10.1. The van der Waals surface area contributed by atoms with E-state index in [2.05, 4.69) is 9.88 Å². The summed E-state index contributed by atoms with van der Waals surface area (Å²) in [6.45, 7) is 1.44. The van der Waals surface area contributed by atoms with Crippen LogP contribution >= 0.6 is 0 Å². The van der Waals surface area contributed by atoms with Crippen LogP contribution in [0.2, 0.25) is 0 Å². The highest BCUT2D eigenvalue weighted by Crippen LogP contribution is 2.13. The first-order chi connectivity index (χ1) is 9.15. The van der Waals surface area contributed by atoms with Gasteiger partial charge in [0.1, 0.15) is 5.82 Å². The molecule has 0 aliphatic heterocycles. The Morgan fingerprint density at radius 3 is 2.84 bits per heavy atom. The topological polar surface area (TPSA) is 42.2 Å². The zero-order valence-corrected chi connectivity index (χ0v) is 11.0. The highest BCUT2D eigenvalue weighted by atomic mass is 19.1. The third kappa shape index (κ3) is 4.12. The molecule has 2 aromatic rings. The number of nitrogens with zero attached hydrogens (tertiary/aromatic N) is 2. The molecular formula is C15H18FN3. The van der Waals surface area contributed by atoms with Crippen molar-refractivity contribution in [2.75, 3.05) is 13.6 Å². The zero-order chi connectivity index (χ0) is 13.7. The van der Waals surface area contributed by atoms with Crippen LogP contribution in [0, 0.1) is 5.82 Å². The monoisotopic (exact) mass is 259 g/mol. The number of likely N-dealkylation sites (N-methyl/N-ethyl adjacent to an activating group) is 1. The molecule has 0 amide bonds. The van der Waals surface area contributed by atoms with Crippen LogP contribution in [0.1, 0.15) is 17.2 Å². The molecule has 1 unspecified atom stereocenters. The van der Waals surface area contributed by atoms with E-state index in [1.54, 1.807) is 12.3 Å². The molecule has 100 valence electrons. The predicted molar refractivity (Wildman–Crippen MR) is 73.9 cm³/mol. The maximum atomic E-state index is 13.1. The largest absolute Gasteiger partial charge is 0.323 e. The van der Waals surface area contributed by atoms with Crippen LogP contribution in [-0.2, 0) is 6.54 Å². The molecule has 2 rings (SSSR count). The third-order valence-corrected chi connectivity index (χ3v) is 2.96. The van der Waals surface area contributed by atoms with Crippen molar-refractivity contribution < 1.29 is 4.39 Å². The van der Waals surface area contributed by atoms with Gasteiger partial charge in [-0.15, -0.1) is 0 Å². The Kier molecular flexibility index (Phi) is 4.60. The van der Waals surface area contributed by atoms with Crippen molar-refractivity contribution in [3.63, 3.8) is 0 Å². The Hall–Kier alpha value is -1.78. The van der Waals surface area contributed by atoms with E-state index in [1.807, 2.05) is 31.4 Å². The van der Waals surface area contributed by atoms with Gasteiger partial charge in [0.05, 0.1) is 0 Å². The van der Waals surface area contributed by atoms with Crippen LogP contribution in [0.4, 0.5) is 4.39 Å². The number of nitrogens with two attached hydrogens (primary N) is 1. The summed E-state index contributed by atoms with van der Waals surface area (Å²) >= 11 is 0. The van der Waals surface area contributed by atoms with Gasteiger partial charge in [0, 0.05) is 31.5 Å². The molecule has 0 fully saturated rings. The Bertz CT molecular complexity index is 516. The summed E-state index contributed by atoms with van der Waals surface area (Å²) in [5.41, 5.74) is 8.05. The molecule has 1 aromatic carbocycles. The summed E-state index contributed by atoms with van der Waals surface area (Å²) in [5, 5.41) is 0. The Balaban J connectivity index is 1.93. The summed E-state index contributed by atoms with van der Waals surface area (Å²) < 4.78 is 13.1. The molecule has 0 bridgehead atoms. The maximum absolute atomic E-state index is 13.1. The fourth-order valence-corrected chi connectivity index (χ4v) is 2.05. The number of benzene rings is 1. The smallest absolute Gasteiger partial charge is 0.123 e. The van der Waals surface area contributed by atoms with Gasteiger partial charge in [-0.3, -0.25) is 4.98 Å². The summed E-state index contributed by atoms with van der Waals surface area (Å²) in [6, 6.07) is 10.2. The van der Waals surface area contributed by atoms with Crippen LogP contribution in [0.5, 0.6) is 0 Å². The Labute approximate surface area is 112 Å². The molecular weight excluding hydrogens is 241 g/mol. The highest BCUT2D eigenvalue weighted by Gasteiger charge is 2.10. The Morgan fingerprint density at radius 2 is 2.16 bits per heavy atom. The van der Waals surface area contributed by atoms with Gasteiger partial charge in [-0.25, -0.2) is 4.39 Å². The molecule has 1 heterocycles. The second kappa shape index (κ2) is 6.41. The minimum absolute atomic E-state index is 0.197. The number of halogens is 1. The summed E-state index contributed by atoms with van der Waals surface area (Å²) in [7, 11) is 1.99. The van der Waals surface area contributed by atoms with Crippen LogP contribution in [0.15, 0.2) is 48.8 Å². The lowest BCUT2D eigenvalue weighted by molar-refractivity contribution is 0.304. The van der Waals surface area contributed by atoms with Gasteiger partial charge in [-0.2, -0.15) is 0 Å². The zero-order valence-electron chi connectivity index (χ0n) is 11.0. The second-order valence-corrected chi connectivity index (χ2v) is 4.72. The second-order valence-electron chi connectivity index (χ2n) is 4.72. The molecule has 0 aliphatic carbocycles. The van der Waals surface area contributed by atoms with Crippen molar-refractivity contribution in [1.29, 1.82) is 0 Å². The molecule has 19 heavy (non-hydrogen) atoms. The van der Waals surface area contributed by atoms with Crippen molar-refractivity contribution >= 4 is 0 Å². The first-order valence-electron chi connectivity index (χ1n) is 6.23. The Morgan fingerprint density at radius 1 is 1.32 bits per heavy atom. The normalized spacial score (nSPS) is 12.6. The van der Waals surface area contributed by atoms with E-state index in [4.69, 9.17) is 5.73 Å². The number of hydrogen-bond acceptors (Lipinski definition) is 3. The molecule has 1 atom stereocenters. The molecule has 0 saturated carbocycles. The summed E-state index contributed by atoms with van der Waals surface area (Å²) in [4.78, 5) is 6.18. The summed E-state index contributed by atoms with van der Waals surface area (Å²) in [5.74, 6) is -0.247. The van der Waals surface area contributed by atoms with Gasteiger partial charge in [0.15, 0.2) is 0 Å². The van der Waals surface area contributed by atoms with Crippen LogP contribution in [-0.4, -0.2) is 23.5 Å². The maximum Gasteiger partial charge on any atom is 0.123 e. The predicted octanol–water partition coefficient (Wildman–Crippen LogP) is 2.35. The van der Waals surface area contributed by atoms with E-state index in [0.29, 0.717) is 6.54 Å². The quantitative estimate of drug-likeness (QED) is 0.896. The summed E-state index contributed by atoms with van der Waals surface area (Å²) in [6.07, 6.45) is 3.59. The molecule has 4 heteroatoms. The van der Waals surface area contributed by atoms with Gasteiger partial charge in [-0.05, 0) is 36.4 Å². The van der Waals surface area contributed by atoms with Gasteiger partial charge in [-0.1, -0.05) is 18.2 Å². The molecule has 0 aliphatic rings. The molecule has 0 saturated heterocycles. The minimum Gasteiger partial charge on any atom is -0.323 e.